The molecule has 0 saturated heterocycles. The van der Waals surface area contributed by atoms with Gasteiger partial charge in [0.05, 0.1) is 0 Å². The Morgan fingerprint density at radius 1 is 1.26 bits per heavy atom. The van der Waals surface area contributed by atoms with E-state index in [4.69, 9.17) is 5.73 Å². The van der Waals surface area contributed by atoms with Gasteiger partial charge in [0.2, 0.25) is 0 Å². The summed E-state index contributed by atoms with van der Waals surface area (Å²) < 4.78 is 0. The van der Waals surface area contributed by atoms with Gasteiger partial charge in [0.1, 0.15) is 5.54 Å². The van der Waals surface area contributed by atoms with E-state index in [0.717, 1.165) is 25.3 Å². The molecule has 4 heteroatoms. The number of hydrogen-bond acceptors (Lipinski definition) is 3. The zero-order chi connectivity index (χ0) is 13.9. The van der Waals surface area contributed by atoms with E-state index in [9.17, 15) is 9.90 Å². The Balaban J connectivity index is 1.87. The van der Waals surface area contributed by atoms with Crippen LogP contribution in [-0.4, -0.2) is 41.1 Å². The van der Waals surface area contributed by atoms with Crippen LogP contribution in [0.5, 0.6) is 0 Å². The van der Waals surface area contributed by atoms with Gasteiger partial charge in [-0.15, -0.1) is 0 Å². The van der Waals surface area contributed by atoms with Crippen LogP contribution in [0.1, 0.15) is 57.8 Å². The maximum absolute atomic E-state index is 11.3. The summed E-state index contributed by atoms with van der Waals surface area (Å²) >= 11 is 0. The molecule has 4 nitrogen and oxygen atoms in total. The molecule has 19 heavy (non-hydrogen) atoms. The van der Waals surface area contributed by atoms with Crippen molar-refractivity contribution in [3.8, 4) is 0 Å². The van der Waals surface area contributed by atoms with E-state index in [1.54, 1.807) is 0 Å². The number of carboxylic acid groups (broad SMARTS) is 1. The lowest BCUT2D eigenvalue weighted by Crippen LogP contribution is -2.55. The predicted octanol–water partition coefficient (Wildman–Crippen LogP) is 2.22. The highest BCUT2D eigenvalue weighted by Gasteiger charge is 2.40. The molecule has 2 aliphatic carbocycles. The van der Waals surface area contributed by atoms with Crippen molar-refractivity contribution in [1.82, 2.24) is 4.90 Å². The molecule has 0 amide bonds. The first-order chi connectivity index (χ1) is 9.01. The summed E-state index contributed by atoms with van der Waals surface area (Å²) in [7, 11) is 2.15. The Labute approximate surface area is 116 Å². The van der Waals surface area contributed by atoms with Crippen LogP contribution in [0.25, 0.3) is 0 Å². The van der Waals surface area contributed by atoms with Gasteiger partial charge in [-0.3, -0.25) is 4.79 Å². The Hall–Kier alpha value is -0.610. The number of rotatable bonds is 4. The number of aliphatic carboxylic acids is 1. The Bertz CT molecular complexity index is 315. The van der Waals surface area contributed by atoms with Gasteiger partial charge in [0, 0.05) is 12.6 Å². The van der Waals surface area contributed by atoms with Crippen LogP contribution >= 0.6 is 0 Å². The third-order valence-electron chi connectivity index (χ3n) is 5.08. The van der Waals surface area contributed by atoms with E-state index >= 15 is 0 Å². The Kier molecular flexibility index (Phi) is 4.85. The molecular formula is C15H28N2O2. The van der Waals surface area contributed by atoms with Crippen LogP contribution in [0.2, 0.25) is 0 Å². The van der Waals surface area contributed by atoms with Crippen molar-refractivity contribution in [2.75, 3.05) is 13.6 Å². The molecule has 0 aromatic rings. The van der Waals surface area contributed by atoms with Crippen molar-refractivity contribution < 1.29 is 9.90 Å². The van der Waals surface area contributed by atoms with Crippen molar-refractivity contribution in [3.63, 3.8) is 0 Å². The third kappa shape index (κ3) is 3.69. The number of nitrogens with zero attached hydrogens (tertiary/aromatic N) is 1. The second-order valence-corrected chi connectivity index (χ2v) is 6.66. The summed E-state index contributed by atoms with van der Waals surface area (Å²) in [6.07, 6.45) is 10.0. The van der Waals surface area contributed by atoms with E-state index in [2.05, 4.69) is 11.9 Å². The monoisotopic (exact) mass is 268 g/mol. The second-order valence-electron chi connectivity index (χ2n) is 6.66. The summed E-state index contributed by atoms with van der Waals surface area (Å²) in [4.78, 5) is 13.7. The SMILES string of the molecule is CN(CC1CCCCC1)C1CCCC(N)(C(=O)O)C1. The second kappa shape index (κ2) is 6.23. The molecule has 110 valence electrons. The zero-order valence-corrected chi connectivity index (χ0v) is 12.1. The molecule has 2 unspecified atom stereocenters. The summed E-state index contributed by atoms with van der Waals surface area (Å²) in [5.74, 6) is -0.0269. The first-order valence-electron chi connectivity index (χ1n) is 7.74. The molecule has 0 radical (unpaired) electrons. The minimum Gasteiger partial charge on any atom is -0.480 e. The number of carbonyl (C=O) groups is 1. The minimum absolute atomic E-state index is 0.344. The lowest BCUT2D eigenvalue weighted by molar-refractivity contribution is -0.145. The third-order valence-corrected chi connectivity index (χ3v) is 5.08. The standard InChI is InChI=1S/C15H28N2O2/c1-17(11-12-6-3-2-4-7-12)13-8-5-9-15(16,10-13)14(18)19/h12-13H,2-11,16H2,1H3,(H,18,19). The predicted molar refractivity (Wildman–Crippen MR) is 76.0 cm³/mol. The van der Waals surface area contributed by atoms with Crippen LogP contribution < -0.4 is 5.73 Å². The average molecular weight is 268 g/mol. The molecule has 0 bridgehead atoms. The lowest BCUT2D eigenvalue weighted by atomic mass is 9.79. The summed E-state index contributed by atoms with van der Waals surface area (Å²) in [6.45, 7) is 1.11. The highest BCUT2D eigenvalue weighted by atomic mass is 16.4. The summed E-state index contributed by atoms with van der Waals surface area (Å²) in [6, 6.07) is 0.344. The van der Waals surface area contributed by atoms with Gasteiger partial charge in [-0.25, -0.2) is 0 Å². The summed E-state index contributed by atoms with van der Waals surface area (Å²) in [5, 5.41) is 9.27. The minimum atomic E-state index is -0.996. The molecule has 2 rings (SSSR count). The van der Waals surface area contributed by atoms with Gasteiger partial charge in [0.25, 0.3) is 0 Å². The smallest absolute Gasteiger partial charge is 0.323 e. The molecule has 0 aliphatic heterocycles. The van der Waals surface area contributed by atoms with E-state index in [1.807, 2.05) is 0 Å². The van der Waals surface area contributed by atoms with Crippen molar-refractivity contribution in [2.45, 2.75) is 69.4 Å². The molecule has 0 heterocycles. The largest absolute Gasteiger partial charge is 0.480 e. The highest BCUT2D eigenvalue weighted by Crippen LogP contribution is 2.31. The molecule has 2 aliphatic rings. The van der Waals surface area contributed by atoms with Crippen LogP contribution in [0.3, 0.4) is 0 Å². The van der Waals surface area contributed by atoms with E-state index in [1.165, 1.54) is 32.1 Å². The van der Waals surface area contributed by atoms with Crippen LogP contribution in [-0.2, 0) is 4.79 Å². The topological polar surface area (TPSA) is 66.6 Å². The van der Waals surface area contributed by atoms with Crippen molar-refractivity contribution in [2.24, 2.45) is 11.7 Å². The molecule has 2 saturated carbocycles. The van der Waals surface area contributed by atoms with E-state index in [-0.39, 0.29) is 0 Å². The molecule has 2 atom stereocenters. The Morgan fingerprint density at radius 3 is 2.58 bits per heavy atom. The number of carboxylic acids is 1. The fraction of sp³-hybridized carbons (Fsp3) is 0.933. The van der Waals surface area contributed by atoms with Gasteiger partial charge in [-0.1, -0.05) is 19.3 Å². The van der Waals surface area contributed by atoms with Crippen LogP contribution in [0, 0.1) is 5.92 Å². The van der Waals surface area contributed by atoms with Crippen molar-refractivity contribution in [3.05, 3.63) is 0 Å². The molecule has 2 fully saturated rings. The Morgan fingerprint density at radius 2 is 1.95 bits per heavy atom. The number of hydrogen-bond donors (Lipinski definition) is 2. The van der Waals surface area contributed by atoms with Gasteiger partial charge >= 0.3 is 5.97 Å². The van der Waals surface area contributed by atoms with E-state index < -0.39 is 11.5 Å². The van der Waals surface area contributed by atoms with Crippen LogP contribution in [0.15, 0.2) is 0 Å². The zero-order valence-electron chi connectivity index (χ0n) is 12.1. The van der Waals surface area contributed by atoms with Gasteiger partial charge in [-0.05, 0) is 51.5 Å². The normalized spacial score (nSPS) is 33.5. The summed E-state index contributed by atoms with van der Waals surface area (Å²) in [5.41, 5.74) is 5.04. The maximum atomic E-state index is 11.3. The number of nitrogens with two attached hydrogens (primary N) is 1. The molecule has 3 N–H and O–H groups in total. The molecular weight excluding hydrogens is 240 g/mol. The first-order valence-corrected chi connectivity index (χ1v) is 7.74. The highest BCUT2D eigenvalue weighted by molar-refractivity contribution is 5.78. The van der Waals surface area contributed by atoms with E-state index in [0.29, 0.717) is 18.9 Å². The van der Waals surface area contributed by atoms with Crippen molar-refractivity contribution in [1.29, 1.82) is 0 Å². The fourth-order valence-electron chi connectivity index (χ4n) is 3.77. The van der Waals surface area contributed by atoms with Crippen molar-refractivity contribution >= 4 is 5.97 Å². The van der Waals surface area contributed by atoms with Gasteiger partial charge in [-0.2, -0.15) is 0 Å². The lowest BCUT2D eigenvalue weighted by Gasteiger charge is -2.40. The first kappa shape index (κ1) is 14.8. The quantitative estimate of drug-likeness (QED) is 0.820. The maximum Gasteiger partial charge on any atom is 0.323 e. The van der Waals surface area contributed by atoms with Gasteiger partial charge < -0.3 is 15.7 Å². The molecule has 0 spiro atoms. The van der Waals surface area contributed by atoms with Gasteiger partial charge in [0.15, 0.2) is 0 Å². The average Bonchev–Trinajstić information content (AvgIpc) is 2.40. The van der Waals surface area contributed by atoms with Crippen LogP contribution in [0.4, 0.5) is 0 Å². The molecule has 0 aromatic carbocycles. The molecule has 0 aromatic heterocycles. The fourth-order valence-corrected chi connectivity index (χ4v) is 3.77.